The second kappa shape index (κ2) is 4.25. The fourth-order valence-electron chi connectivity index (χ4n) is 1.34. The summed E-state index contributed by atoms with van der Waals surface area (Å²) in [5.41, 5.74) is 5.79. The third kappa shape index (κ3) is 2.52. The largest absolute Gasteiger partial charge is 0.319 e. The summed E-state index contributed by atoms with van der Waals surface area (Å²) in [6.45, 7) is 4.02. The molecule has 1 aliphatic rings. The van der Waals surface area contributed by atoms with Crippen LogP contribution in [-0.4, -0.2) is 34.2 Å². The molecule has 0 aromatic rings. The van der Waals surface area contributed by atoms with Gasteiger partial charge in [0, 0.05) is 11.3 Å². The number of hydrogen-bond acceptors (Lipinski definition) is 4. The van der Waals surface area contributed by atoms with Gasteiger partial charge in [-0.2, -0.15) is 17.9 Å². The van der Waals surface area contributed by atoms with Gasteiger partial charge < -0.3 is 10.6 Å². The second-order valence-electron chi connectivity index (χ2n) is 4.12. The summed E-state index contributed by atoms with van der Waals surface area (Å²) in [7, 11) is 0. The fourth-order valence-corrected chi connectivity index (χ4v) is 1.45. The highest BCUT2D eigenvalue weighted by atomic mass is 32.1. The summed E-state index contributed by atoms with van der Waals surface area (Å²) < 4.78 is -0.584. The van der Waals surface area contributed by atoms with E-state index in [0.717, 1.165) is 0 Å². The lowest BCUT2D eigenvalue weighted by Crippen LogP contribution is -2.53. The van der Waals surface area contributed by atoms with Crippen molar-refractivity contribution in [1.29, 1.82) is 5.26 Å². The van der Waals surface area contributed by atoms with E-state index in [4.69, 9.17) is 11.0 Å². The first-order valence-electron chi connectivity index (χ1n) is 4.72. The molecule has 2 N–H and O–H groups in total. The minimum absolute atomic E-state index is 0.230. The van der Waals surface area contributed by atoms with Crippen LogP contribution in [0.2, 0.25) is 0 Å². The molecule has 1 aliphatic heterocycles. The molecular formula is C10H15N3OS. The molecule has 1 amide bonds. The van der Waals surface area contributed by atoms with E-state index in [0.29, 0.717) is 6.54 Å². The van der Waals surface area contributed by atoms with Crippen LogP contribution >= 0.6 is 12.6 Å². The molecule has 0 bridgehead atoms. The lowest BCUT2D eigenvalue weighted by molar-refractivity contribution is -0.132. The summed E-state index contributed by atoms with van der Waals surface area (Å²) in [6.07, 6.45) is 3.50. The first-order valence-corrected chi connectivity index (χ1v) is 5.17. The van der Waals surface area contributed by atoms with Gasteiger partial charge in [-0.05, 0) is 19.9 Å². The quantitative estimate of drug-likeness (QED) is 0.525. The Labute approximate surface area is 95.1 Å². The maximum atomic E-state index is 11.9. The number of hydrogen-bond donors (Lipinski definition) is 2. The first-order chi connectivity index (χ1) is 6.88. The Kier molecular flexibility index (Phi) is 3.42. The number of amides is 1. The van der Waals surface area contributed by atoms with E-state index in [9.17, 15) is 4.79 Å². The van der Waals surface area contributed by atoms with Crippen LogP contribution in [0, 0.1) is 11.3 Å². The SMILES string of the molecule is CC(C)(S)C(N)C(=O)N1CC=CC1C#N. The Morgan fingerprint density at radius 2 is 2.40 bits per heavy atom. The van der Waals surface area contributed by atoms with Gasteiger partial charge in [0.15, 0.2) is 0 Å². The van der Waals surface area contributed by atoms with Gasteiger partial charge in [-0.3, -0.25) is 4.79 Å². The molecule has 4 nitrogen and oxygen atoms in total. The maximum absolute atomic E-state index is 11.9. The maximum Gasteiger partial charge on any atom is 0.242 e. The number of carbonyl (C=O) groups is 1. The van der Waals surface area contributed by atoms with Crippen LogP contribution in [0.1, 0.15) is 13.8 Å². The van der Waals surface area contributed by atoms with Gasteiger partial charge >= 0.3 is 0 Å². The summed E-state index contributed by atoms with van der Waals surface area (Å²) >= 11 is 4.26. The van der Waals surface area contributed by atoms with Crippen molar-refractivity contribution in [2.45, 2.75) is 30.7 Å². The number of rotatable bonds is 2. The van der Waals surface area contributed by atoms with Crippen molar-refractivity contribution in [3.63, 3.8) is 0 Å². The Balaban J connectivity index is 2.75. The Morgan fingerprint density at radius 1 is 1.80 bits per heavy atom. The first kappa shape index (κ1) is 12.1. The molecule has 0 spiro atoms. The zero-order valence-corrected chi connectivity index (χ0v) is 9.74. The van der Waals surface area contributed by atoms with Crippen LogP contribution < -0.4 is 5.73 Å². The molecule has 2 unspecified atom stereocenters. The average molecular weight is 225 g/mol. The van der Waals surface area contributed by atoms with Crippen molar-refractivity contribution in [2.75, 3.05) is 6.54 Å². The topological polar surface area (TPSA) is 70.1 Å². The molecule has 0 aromatic heterocycles. The number of nitrogens with two attached hydrogens (primary N) is 1. The molecule has 0 aromatic carbocycles. The Hall–Kier alpha value is -0.990. The molecule has 0 aliphatic carbocycles. The standard InChI is InChI=1S/C10H15N3OS/c1-10(2,15)8(12)9(14)13-5-3-4-7(13)6-11/h3-4,7-8,15H,5,12H2,1-2H3. The molecule has 82 valence electrons. The minimum Gasteiger partial charge on any atom is -0.319 e. The van der Waals surface area contributed by atoms with Gasteiger partial charge in [0.25, 0.3) is 0 Å². The molecule has 0 radical (unpaired) electrons. The smallest absolute Gasteiger partial charge is 0.242 e. The fraction of sp³-hybridized carbons (Fsp3) is 0.600. The number of thiol groups is 1. The van der Waals surface area contributed by atoms with Crippen LogP contribution in [-0.2, 0) is 4.79 Å². The number of nitriles is 1. The highest BCUT2D eigenvalue weighted by Crippen LogP contribution is 2.20. The summed E-state index contributed by atoms with van der Waals surface area (Å²) in [5.74, 6) is -0.230. The zero-order chi connectivity index (χ0) is 11.6. The van der Waals surface area contributed by atoms with Crippen LogP contribution in [0.15, 0.2) is 12.2 Å². The summed E-state index contributed by atoms with van der Waals surface area (Å²) in [5, 5.41) is 8.81. The molecule has 2 atom stereocenters. The van der Waals surface area contributed by atoms with Crippen LogP contribution in [0.25, 0.3) is 0 Å². The van der Waals surface area contributed by atoms with Crippen molar-refractivity contribution < 1.29 is 4.79 Å². The molecule has 0 fully saturated rings. The zero-order valence-electron chi connectivity index (χ0n) is 8.84. The Morgan fingerprint density at radius 3 is 2.87 bits per heavy atom. The number of carbonyl (C=O) groups excluding carboxylic acids is 1. The van der Waals surface area contributed by atoms with Gasteiger partial charge in [0.1, 0.15) is 6.04 Å². The predicted molar refractivity (Wildman–Crippen MR) is 61.3 cm³/mol. The molecule has 1 rings (SSSR count). The van der Waals surface area contributed by atoms with Crippen molar-refractivity contribution in [2.24, 2.45) is 5.73 Å². The van der Waals surface area contributed by atoms with E-state index in [1.807, 2.05) is 6.07 Å². The van der Waals surface area contributed by atoms with Crippen LogP contribution in [0.5, 0.6) is 0 Å². The van der Waals surface area contributed by atoms with Gasteiger partial charge in [-0.1, -0.05) is 6.08 Å². The van der Waals surface area contributed by atoms with E-state index in [2.05, 4.69) is 12.6 Å². The average Bonchev–Trinajstić information content (AvgIpc) is 2.61. The van der Waals surface area contributed by atoms with E-state index >= 15 is 0 Å². The van der Waals surface area contributed by atoms with Gasteiger partial charge in [-0.25, -0.2) is 0 Å². The van der Waals surface area contributed by atoms with Gasteiger partial charge in [-0.15, -0.1) is 0 Å². The molecule has 5 heteroatoms. The van der Waals surface area contributed by atoms with Crippen molar-refractivity contribution in [3.05, 3.63) is 12.2 Å². The third-order valence-electron chi connectivity index (χ3n) is 2.40. The van der Waals surface area contributed by atoms with Gasteiger partial charge in [0.2, 0.25) is 5.91 Å². The van der Waals surface area contributed by atoms with Crippen molar-refractivity contribution >= 4 is 18.5 Å². The normalized spacial score (nSPS) is 22.6. The lowest BCUT2D eigenvalue weighted by Gasteiger charge is -2.30. The highest BCUT2D eigenvalue weighted by molar-refractivity contribution is 7.81. The third-order valence-corrected chi connectivity index (χ3v) is 2.68. The van der Waals surface area contributed by atoms with E-state index in [1.54, 1.807) is 26.0 Å². The van der Waals surface area contributed by atoms with Crippen molar-refractivity contribution in [3.8, 4) is 6.07 Å². The summed E-state index contributed by atoms with van der Waals surface area (Å²) in [6, 6.07) is 0.855. The second-order valence-corrected chi connectivity index (χ2v) is 5.28. The number of nitrogens with zero attached hydrogens (tertiary/aromatic N) is 2. The van der Waals surface area contributed by atoms with Gasteiger partial charge in [0.05, 0.1) is 12.1 Å². The monoisotopic (exact) mass is 225 g/mol. The minimum atomic E-state index is -0.698. The van der Waals surface area contributed by atoms with Crippen molar-refractivity contribution in [1.82, 2.24) is 4.90 Å². The van der Waals surface area contributed by atoms with Crippen LogP contribution in [0.3, 0.4) is 0 Å². The van der Waals surface area contributed by atoms with E-state index in [1.165, 1.54) is 4.90 Å². The predicted octanol–water partition coefficient (Wildman–Crippen LogP) is 0.313. The van der Waals surface area contributed by atoms with E-state index in [-0.39, 0.29) is 5.91 Å². The molecule has 1 heterocycles. The summed E-state index contributed by atoms with van der Waals surface area (Å²) in [4.78, 5) is 13.4. The molecule has 0 saturated carbocycles. The highest BCUT2D eigenvalue weighted by Gasteiger charge is 2.35. The molecule has 0 saturated heterocycles. The Bertz CT molecular complexity index is 327. The van der Waals surface area contributed by atoms with E-state index < -0.39 is 16.8 Å². The lowest BCUT2D eigenvalue weighted by atomic mass is 10.0. The molecule has 15 heavy (non-hydrogen) atoms. The van der Waals surface area contributed by atoms with Crippen LogP contribution in [0.4, 0.5) is 0 Å². The molecular weight excluding hydrogens is 210 g/mol.